The molecule has 10 aromatic rings. The zero-order chi connectivity index (χ0) is 40.7. The van der Waals surface area contributed by atoms with Gasteiger partial charge in [-0.15, -0.1) is 0 Å². The van der Waals surface area contributed by atoms with E-state index in [0.29, 0.717) is 5.82 Å². The molecule has 0 atom stereocenters. The van der Waals surface area contributed by atoms with Crippen molar-refractivity contribution >= 4 is 21.5 Å². The number of nitrogens with zero attached hydrogens (tertiary/aromatic N) is 2. The molecule has 2 aliphatic rings. The third-order valence-corrected chi connectivity index (χ3v) is 13.2. The van der Waals surface area contributed by atoms with Crippen LogP contribution < -0.4 is 4.74 Å². The minimum Gasteiger partial charge on any atom is -0.457 e. The summed E-state index contributed by atoms with van der Waals surface area (Å²) in [6.45, 7) is 4.71. The van der Waals surface area contributed by atoms with E-state index < -0.39 is 5.41 Å². The van der Waals surface area contributed by atoms with Gasteiger partial charge in [0.05, 0.1) is 16.8 Å². The summed E-state index contributed by atoms with van der Waals surface area (Å²) in [6.07, 6.45) is 0. The Morgan fingerprint density at radius 2 is 0.918 bits per heavy atom. The average molecular weight is 781 g/mol. The van der Waals surface area contributed by atoms with Gasteiger partial charge in [0.1, 0.15) is 11.5 Å². The van der Waals surface area contributed by atoms with E-state index in [1.807, 2.05) is 6.07 Å². The normalized spacial score (nSPS) is 14.1. The largest absolute Gasteiger partial charge is 0.457 e. The summed E-state index contributed by atoms with van der Waals surface area (Å²) in [5.74, 6) is 2.39. The fourth-order valence-electron chi connectivity index (χ4n) is 10.4. The minimum absolute atomic E-state index is 0.181. The highest BCUT2D eigenvalue weighted by Crippen LogP contribution is 2.61. The van der Waals surface area contributed by atoms with Gasteiger partial charge in [0.2, 0.25) is 0 Å². The van der Waals surface area contributed by atoms with E-state index in [-0.39, 0.29) is 5.41 Å². The highest BCUT2D eigenvalue weighted by atomic mass is 16.5. The Bertz CT molecular complexity index is 3330. The van der Waals surface area contributed by atoms with Crippen LogP contribution in [0.1, 0.15) is 47.2 Å². The van der Waals surface area contributed by atoms with Crippen molar-refractivity contribution in [1.82, 2.24) is 9.97 Å². The second kappa shape index (κ2) is 13.5. The van der Waals surface area contributed by atoms with Crippen molar-refractivity contribution in [3.05, 3.63) is 240 Å². The standard InChI is InChI=1S/C58H40N2O/c1-57(2)46-22-10-12-24-48(46)58(49-25-13-11-23-47(49)57)50-26-14-15-27-54(50)61-55-35-40(31-33-51(55)58)43-20-8-9-21-45(43)56-59-52(38-17-4-3-5-18-38)36-53(60-56)41-30-32-44-39(34-41)29-28-37-16-6-7-19-42(37)44/h3-36H,1-2H3. The van der Waals surface area contributed by atoms with Crippen molar-refractivity contribution in [2.75, 3.05) is 0 Å². The molecule has 0 saturated carbocycles. The molecule has 1 spiro atoms. The van der Waals surface area contributed by atoms with Crippen LogP contribution in [0.5, 0.6) is 11.5 Å². The zero-order valence-corrected chi connectivity index (χ0v) is 33.9. The first-order valence-electron chi connectivity index (χ1n) is 21.1. The van der Waals surface area contributed by atoms with Gasteiger partial charge in [0, 0.05) is 33.2 Å². The van der Waals surface area contributed by atoms with Gasteiger partial charge in [-0.1, -0.05) is 196 Å². The van der Waals surface area contributed by atoms with Crippen LogP contribution in [0, 0.1) is 0 Å². The first-order chi connectivity index (χ1) is 30.0. The Morgan fingerprint density at radius 3 is 1.69 bits per heavy atom. The Hall–Kier alpha value is -7.62. The molecule has 3 heteroatoms. The number of benzene rings is 9. The van der Waals surface area contributed by atoms with Crippen LogP contribution in [0.2, 0.25) is 0 Å². The van der Waals surface area contributed by atoms with Crippen LogP contribution in [0.3, 0.4) is 0 Å². The first-order valence-corrected chi connectivity index (χ1v) is 21.1. The van der Waals surface area contributed by atoms with Crippen molar-refractivity contribution in [1.29, 1.82) is 0 Å². The lowest BCUT2D eigenvalue weighted by molar-refractivity contribution is 0.425. The molecule has 1 aliphatic heterocycles. The van der Waals surface area contributed by atoms with E-state index in [4.69, 9.17) is 14.7 Å². The highest BCUT2D eigenvalue weighted by Gasteiger charge is 2.52. The summed E-state index contributed by atoms with van der Waals surface area (Å²) >= 11 is 0. The molecule has 1 aromatic heterocycles. The van der Waals surface area contributed by atoms with E-state index in [2.05, 4.69) is 214 Å². The summed E-state index contributed by atoms with van der Waals surface area (Å²) < 4.78 is 6.98. The Morgan fingerprint density at radius 1 is 0.361 bits per heavy atom. The molecule has 3 nitrogen and oxygen atoms in total. The van der Waals surface area contributed by atoms with Crippen LogP contribution in [0.15, 0.2) is 206 Å². The minimum atomic E-state index is -0.570. The van der Waals surface area contributed by atoms with Crippen molar-refractivity contribution < 1.29 is 4.74 Å². The van der Waals surface area contributed by atoms with Crippen molar-refractivity contribution in [3.63, 3.8) is 0 Å². The molecule has 12 rings (SSSR count). The lowest BCUT2D eigenvalue weighted by Gasteiger charge is -2.50. The van der Waals surface area contributed by atoms with Gasteiger partial charge >= 0.3 is 0 Å². The van der Waals surface area contributed by atoms with Crippen LogP contribution >= 0.6 is 0 Å². The maximum Gasteiger partial charge on any atom is 0.161 e. The first kappa shape index (κ1) is 35.3. The molecule has 0 unspecified atom stereocenters. The predicted octanol–water partition coefficient (Wildman–Crippen LogP) is 14.6. The lowest BCUT2D eigenvalue weighted by atomic mass is 9.53. The van der Waals surface area contributed by atoms with E-state index in [0.717, 1.165) is 61.8 Å². The lowest BCUT2D eigenvalue weighted by Crippen LogP contribution is -2.43. The number of hydrogen-bond acceptors (Lipinski definition) is 3. The van der Waals surface area contributed by atoms with Crippen LogP contribution in [0.4, 0.5) is 0 Å². The Balaban J connectivity index is 1.05. The number of fused-ring (bicyclic) bond motifs is 11. The fourth-order valence-corrected chi connectivity index (χ4v) is 10.4. The summed E-state index contributed by atoms with van der Waals surface area (Å²) in [7, 11) is 0. The second-order valence-corrected chi connectivity index (χ2v) is 16.9. The molecule has 0 bridgehead atoms. The molecule has 2 heterocycles. The van der Waals surface area contributed by atoms with Crippen LogP contribution in [-0.4, -0.2) is 9.97 Å². The van der Waals surface area contributed by atoms with Gasteiger partial charge in [0.15, 0.2) is 5.82 Å². The maximum atomic E-state index is 6.98. The van der Waals surface area contributed by atoms with Crippen LogP contribution in [-0.2, 0) is 10.8 Å². The predicted molar refractivity (Wildman–Crippen MR) is 249 cm³/mol. The van der Waals surface area contributed by atoms with E-state index >= 15 is 0 Å². The molecule has 0 saturated heterocycles. The summed E-state index contributed by atoms with van der Waals surface area (Å²) in [6, 6.07) is 74.1. The molecule has 1 aliphatic carbocycles. The van der Waals surface area contributed by atoms with E-state index in [9.17, 15) is 0 Å². The number of rotatable bonds is 4. The van der Waals surface area contributed by atoms with Gasteiger partial charge in [0.25, 0.3) is 0 Å². The molecular formula is C58H40N2O. The van der Waals surface area contributed by atoms with Crippen molar-refractivity contribution in [2.45, 2.75) is 24.7 Å². The fraction of sp³-hybridized carbons (Fsp3) is 0.0690. The number of aromatic nitrogens is 2. The van der Waals surface area contributed by atoms with Gasteiger partial charge in [-0.05, 0) is 79.2 Å². The molecule has 0 radical (unpaired) electrons. The highest BCUT2D eigenvalue weighted by molar-refractivity contribution is 6.08. The molecule has 0 N–H and O–H groups in total. The topological polar surface area (TPSA) is 35.0 Å². The summed E-state index contributed by atoms with van der Waals surface area (Å²) in [4.78, 5) is 10.7. The third-order valence-electron chi connectivity index (χ3n) is 13.2. The molecule has 9 aromatic carbocycles. The van der Waals surface area contributed by atoms with Crippen molar-refractivity contribution in [2.24, 2.45) is 0 Å². The van der Waals surface area contributed by atoms with Gasteiger partial charge in [-0.2, -0.15) is 0 Å². The third kappa shape index (κ3) is 5.30. The van der Waals surface area contributed by atoms with Crippen LogP contribution in [0.25, 0.3) is 66.6 Å². The van der Waals surface area contributed by atoms with E-state index in [1.54, 1.807) is 0 Å². The number of para-hydroxylation sites is 1. The van der Waals surface area contributed by atoms with Crippen molar-refractivity contribution in [3.8, 4) is 56.5 Å². The SMILES string of the molecule is CC1(C)c2ccccc2C2(c3ccccc3Oc3cc(-c4ccccc4-c4nc(-c5ccccc5)cc(-c5ccc6c(ccc7ccccc76)c5)n4)ccc32)c2ccccc21. The van der Waals surface area contributed by atoms with E-state index in [1.165, 1.54) is 43.8 Å². The molecule has 288 valence electrons. The molecule has 61 heavy (non-hydrogen) atoms. The zero-order valence-electron chi connectivity index (χ0n) is 33.9. The van der Waals surface area contributed by atoms with Gasteiger partial charge in [-0.3, -0.25) is 0 Å². The molecule has 0 fully saturated rings. The summed E-state index contributed by atoms with van der Waals surface area (Å²) in [5, 5.41) is 4.89. The Labute approximate surface area is 355 Å². The van der Waals surface area contributed by atoms with Gasteiger partial charge in [-0.25, -0.2) is 9.97 Å². The molecular weight excluding hydrogens is 741 g/mol. The second-order valence-electron chi connectivity index (χ2n) is 16.9. The quantitative estimate of drug-likeness (QED) is 0.167. The summed E-state index contributed by atoms with van der Waals surface area (Å²) in [5.41, 5.74) is 13.7. The maximum absolute atomic E-state index is 6.98. The smallest absolute Gasteiger partial charge is 0.161 e. The average Bonchev–Trinajstić information content (AvgIpc) is 3.32. The number of hydrogen-bond donors (Lipinski definition) is 0. The molecule has 0 amide bonds. The number of ether oxygens (including phenoxy) is 1. The van der Waals surface area contributed by atoms with Gasteiger partial charge < -0.3 is 4.74 Å². The Kier molecular flexibility index (Phi) is 7.79. The monoisotopic (exact) mass is 780 g/mol.